The van der Waals surface area contributed by atoms with Crippen molar-refractivity contribution in [3.05, 3.63) is 48.0 Å². The van der Waals surface area contributed by atoms with Crippen LogP contribution in [-0.4, -0.2) is 23.3 Å². The number of aromatic amines is 1. The molecule has 0 bridgehead atoms. The van der Waals surface area contributed by atoms with Crippen molar-refractivity contribution in [2.75, 3.05) is 12.4 Å². The van der Waals surface area contributed by atoms with Crippen molar-refractivity contribution < 1.29 is 13.9 Å². The number of carbonyl (C=O) groups excluding carboxylic acids is 1. The Kier molecular flexibility index (Phi) is 3.12. The highest BCUT2D eigenvalue weighted by atomic mass is 16.5. The zero-order valence-electron chi connectivity index (χ0n) is 10.8. The Morgan fingerprint density at radius 1 is 1.40 bits per heavy atom. The predicted molar refractivity (Wildman–Crippen MR) is 73.5 cm³/mol. The number of para-hydroxylation sites is 1. The molecule has 0 atom stereocenters. The Hall–Kier alpha value is -2.76. The Bertz CT molecular complexity index is 745. The summed E-state index contributed by atoms with van der Waals surface area (Å²) in [6, 6.07) is 9.21. The highest BCUT2D eigenvalue weighted by Gasteiger charge is 2.11. The van der Waals surface area contributed by atoms with Gasteiger partial charge in [0.25, 0.3) is 0 Å². The molecule has 3 aromatic rings. The maximum absolute atomic E-state index is 11.3. The lowest BCUT2D eigenvalue weighted by Crippen LogP contribution is -2.00. The van der Waals surface area contributed by atoms with Gasteiger partial charge < -0.3 is 14.5 Å². The molecule has 0 aliphatic rings. The third-order valence-electron chi connectivity index (χ3n) is 2.98. The molecule has 102 valence electrons. The van der Waals surface area contributed by atoms with Crippen molar-refractivity contribution in [1.29, 1.82) is 0 Å². The summed E-state index contributed by atoms with van der Waals surface area (Å²) in [6.45, 7) is 0.467. The average molecular weight is 271 g/mol. The van der Waals surface area contributed by atoms with Crippen LogP contribution in [0.2, 0.25) is 0 Å². The normalized spacial score (nSPS) is 10.7. The van der Waals surface area contributed by atoms with Gasteiger partial charge in [-0.3, -0.25) is 5.10 Å². The number of fused-ring (bicyclic) bond motifs is 1. The molecule has 0 aliphatic heterocycles. The first-order valence-electron chi connectivity index (χ1n) is 6.11. The van der Waals surface area contributed by atoms with E-state index in [2.05, 4.69) is 20.3 Å². The number of H-pyrrole nitrogens is 1. The number of nitrogens with one attached hydrogen (secondary N) is 2. The van der Waals surface area contributed by atoms with E-state index < -0.39 is 5.97 Å². The van der Waals surface area contributed by atoms with Crippen LogP contribution in [-0.2, 0) is 11.3 Å². The second kappa shape index (κ2) is 5.08. The first-order chi connectivity index (χ1) is 9.78. The molecule has 0 spiro atoms. The predicted octanol–water partition coefficient (Wildman–Crippen LogP) is 2.55. The van der Waals surface area contributed by atoms with E-state index in [-0.39, 0.29) is 5.76 Å². The minimum atomic E-state index is -0.480. The van der Waals surface area contributed by atoms with Gasteiger partial charge in [0, 0.05) is 5.39 Å². The molecule has 1 aromatic carbocycles. The molecule has 6 heteroatoms. The molecule has 0 radical (unpaired) electrons. The van der Waals surface area contributed by atoms with E-state index in [0.717, 1.165) is 16.6 Å². The van der Waals surface area contributed by atoms with Gasteiger partial charge >= 0.3 is 5.97 Å². The first-order valence-corrected chi connectivity index (χ1v) is 6.11. The van der Waals surface area contributed by atoms with Crippen LogP contribution in [0.25, 0.3) is 10.9 Å². The Labute approximate surface area is 114 Å². The van der Waals surface area contributed by atoms with Crippen LogP contribution in [0.3, 0.4) is 0 Å². The molecule has 0 saturated carbocycles. The molecule has 6 nitrogen and oxygen atoms in total. The van der Waals surface area contributed by atoms with E-state index in [1.54, 1.807) is 18.3 Å². The van der Waals surface area contributed by atoms with Gasteiger partial charge in [-0.05, 0) is 18.2 Å². The molecule has 0 saturated heterocycles. The number of anilines is 1. The van der Waals surface area contributed by atoms with Crippen LogP contribution in [0.1, 0.15) is 16.3 Å². The fraction of sp³-hybridized carbons (Fsp3) is 0.143. The summed E-state index contributed by atoms with van der Waals surface area (Å²) in [7, 11) is 1.32. The van der Waals surface area contributed by atoms with Crippen molar-refractivity contribution in [2.45, 2.75) is 6.54 Å². The first kappa shape index (κ1) is 12.3. The van der Waals surface area contributed by atoms with Gasteiger partial charge in [0.1, 0.15) is 5.76 Å². The van der Waals surface area contributed by atoms with Crippen molar-refractivity contribution in [1.82, 2.24) is 10.2 Å². The van der Waals surface area contributed by atoms with E-state index in [1.807, 2.05) is 18.2 Å². The quantitative estimate of drug-likeness (QED) is 0.713. The van der Waals surface area contributed by atoms with Gasteiger partial charge in [-0.2, -0.15) is 5.10 Å². The number of ether oxygens (including phenoxy) is 1. The summed E-state index contributed by atoms with van der Waals surface area (Å²) >= 11 is 0. The van der Waals surface area contributed by atoms with Crippen LogP contribution in [0, 0.1) is 0 Å². The summed E-state index contributed by atoms with van der Waals surface area (Å²) < 4.78 is 9.98. The fourth-order valence-corrected chi connectivity index (χ4v) is 1.98. The highest BCUT2D eigenvalue weighted by molar-refractivity contribution is 5.90. The fourth-order valence-electron chi connectivity index (χ4n) is 1.98. The van der Waals surface area contributed by atoms with Gasteiger partial charge in [-0.25, -0.2) is 4.79 Å². The standard InChI is InChI=1S/C14H13N3O3/c1-19-14(18)12-6-5-10(20-12)8-15-11-4-2-3-9-7-16-17-13(9)11/h2-7,15H,8H2,1H3,(H,16,17). The summed E-state index contributed by atoms with van der Waals surface area (Å²) in [5, 5.41) is 11.2. The molecule has 0 aliphatic carbocycles. The van der Waals surface area contributed by atoms with E-state index in [9.17, 15) is 4.79 Å². The largest absolute Gasteiger partial charge is 0.463 e. The number of furan rings is 1. The zero-order chi connectivity index (χ0) is 13.9. The van der Waals surface area contributed by atoms with E-state index >= 15 is 0 Å². The molecule has 2 heterocycles. The summed E-state index contributed by atoms with van der Waals surface area (Å²) in [5.74, 6) is 0.373. The number of carbonyl (C=O) groups is 1. The monoisotopic (exact) mass is 271 g/mol. The number of benzene rings is 1. The van der Waals surface area contributed by atoms with Gasteiger partial charge in [-0.15, -0.1) is 0 Å². The van der Waals surface area contributed by atoms with Crippen molar-refractivity contribution in [2.24, 2.45) is 0 Å². The lowest BCUT2D eigenvalue weighted by atomic mass is 10.2. The van der Waals surface area contributed by atoms with Crippen LogP contribution >= 0.6 is 0 Å². The lowest BCUT2D eigenvalue weighted by molar-refractivity contribution is 0.0563. The summed E-state index contributed by atoms with van der Waals surface area (Å²) in [4.78, 5) is 11.3. The topological polar surface area (TPSA) is 80.1 Å². The van der Waals surface area contributed by atoms with Crippen molar-refractivity contribution in [3.63, 3.8) is 0 Å². The van der Waals surface area contributed by atoms with Gasteiger partial charge in [0.2, 0.25) is 5.76 Å². The Balaban J connectivity index is 1.75. The highest BCUT2D eigenvalue weighted by Crippen LogP contribution is 2.21. The Morgan fingerprint density at radius 3 is 3.15 bits per heavy atom. The number of nitrogens with zero attached hydrogens (tertiary/aromatic N) is 1. The number of aromatic nitrogens is 2. The molecule has 0 amide bonds. The third-order valence-corrected chi connectivity index (χ3v) is 2.98. The van der Waals surface area contributed by atoms with Crippen LogP contribution < -0.4 is 5.32 Å². The van der Waals surface area contributed by atoms with Crippen LogP contribution in [0.4, 0.5) is 5.69 Å². The summed E-state index contributed by atoms with van der Waals surface area (Å²) in [5.41, 5.74) is 1.86. The van der Waals surface area contributed by atoms with Crippen molar-refractivity contribution >= 4 is 22.6 Å². The SMILES string of the molecule is COC(=O)c1ccc(CNc2cccc3cn[nH]c23)o1. The van der Waals surface area contributed by atoms with Gasteiger partial charge in [0.05, 0.1) is 31.1 Å². The molecule has 0 unspecified atom stereocenters. The molecular weight excluding hydrogens is 258 g/mol. The van der Waals surface area contributed by atoms with Gasteiger partial charge in [-0.1, -0.05) is 12.1 Å². The van der Waals surface area contributed by atoms with Crippen molar-refractivity contribution in [3.8, 4) is 0 Å². The summed E-state index contributed by atoms with van der Waals surface area (Å²) in [6.07, 6.45) is 1.77. The number of hydrogen-bond acceptors (Lipinski definition) is 5. The number of hydrogen-bond donors (Lipinski definition) is 2. The van der Waals surface area contributed by atoms with Gasteiger partial charge in [0.15, 0.2) is 0 Å². The number of methoxy groups -OCH3 is 1. The van der Waals surface area contributed by atoms with E-state index in [1.165, 1.54) is 7.11 Å². The Morgan fingerprint density at radius 2 is 2.30 bits per heavy atom. The molecule has 2 aromatic heterocycles. The number of rotatable bonds is 4. The molecule has 0 fully saturated rings. The average Bonchev–Trinajstić information content (AvgIpc) is 3.13. The molecular formula is C14H13N3O3. The van der Waals surface area contributed by atoms with Crippen LogP contribution in [0.15, 0.2) is 40.9 Å². The van der Waals surface area contributed by atoms with E-state index in [0.29, 0.717) is 12.3 Å². The second-order valence-corrected chi connectivity index (χ2v) is 4.25. The lowest BCUT2D eigenvalue weighted by Gasteiger charge is -2.05. The zero-order valence-corrected chi connectivity index (χ0v) is 10.8. The smallest absolute Gasteiger partial charge is 0.373 e. The number of esters is 1. The second-order valence-electron chi connectivity index (χ2n) is 4.25. The molecule has 20 heavy (non-hydrogen) atoms. The minimum Gasteiger partial charge on any atom is -0.463 e. The molecule has 2 N–H and O–H groups in total. The van der Waals surface area contributed by atoms with E-state index in [4.69, 9.17) is 4.42 Å². The maximum atomic E-state index is 11.3. The minimum absolute atomic E-state index is 0.198. The van der Waals surface area contributed by atoms with Crippen LogP contribution in [0.5, 0.6) is 0 Å². The third kappa shape index (κ3) is 2.23. The maximum Gasteiger partial charge on any atom is 0.373 e. The molecule has 3 rings (SSSR count).